The molecule has 19 heavy (non-hydrogen) atoms. The summed E-state index contributed by atoms with van der Waals surface area (Å²) in [7, 11) is 1.46. The van der Waals surface area contributed by atoms with Gasteiger partial charge in [-0.15, -0.1) is 11.3 Å². The van der Waals surface area contributed by atoms with Crippen LogP contribution < -0.4 is 10.1 Å². The van der Waals surface area contributed by atoms with Crippen LogP contribution in [0.4, 0.5) is 5.13 Å². The molecule has 2 rings (SSSR count). The number of Topliss-reactive ketones (excluding diaryl/α,β-unsaturated/α-hetero) is 1. The van der Waals surface area contributed by atoms with Crippen LogP contribution in [0.15, 0.2) is 23.8 Å². The van der Waals surface area contributed by atoms with E-state index in [1.165, 1.54) is 37.8 Å². The van der Waals surface area contributed by atoms with Crippen LogP contribution in [-0.2, 0) is 0 Å². The maximum Gasteiger partial charge on any atom is 0.261 e. The van der Waals surface area contributed by atoms with Crippen molar-refractivity contribution in [2.24, 2.45) is 0 Å². The lowest BCUT2D eigenvalue weighted by Gasteiger charge is -2.06. The van der Waals surface area contributed by atoms with E-state index in [0.717, 1.165) is 0 Å². The molecule has 0 saturated carbocycles. The third-order valence-corrected chi connectivity index (χ3v) is 3.09. The van der Waals surface area contributed by atoms with Gasteiger partial charge in [-0.25, -0.2) is 4.98 Å². The van der Waals surface area contributed by atoms with Crippen molar-refractivity contribution < 1.29 is 14.3 Å². The van der Waals surface area contributed by atoms with E-state index in [9.17, 15) is 9.59 Å². The van der Waals surface area contributed by atoms with Crippen molar-refractivity contribution in [2.75, 3.05) is 12.4 Å². The second kappa shape index (κ2) is 5.57. The molecule has 2 heterocycles. The lowest BCUT2D eigenvalue weighted by Crippen LogP contribution is -2.13. The fraction of sp³-hybridized carbons (Fsp3) is 0.167. The van der Waals surface area contributed by atoms with Gasteiger partial charge >= 0.3 is 0 Å². The topological polar surface area (TPSA) is 81.2 Å². The fourth-order valence-electron chi connectivity index (χ4n) is 1.39. The zero-order chi connectivity index (χ0) is 13.8. The van der Waals surface area contributed by atoms with Gasteiger partial charge in [-0.05, 0) is 6.07 Å². The maximum absolute atomic E-state index is 12.0. The minimum absolute atomic E-state index is 0.141. The van der Waals surface area contributed by atoms with Crippen LogP contribution in [0.2, 0.25) is 0 Å². The molecule has 98 valence electrons. The summed E-state index contributed by atoms with van der Waals surface area (Å²) in [4.78, 5) is 31.0. The number of pyridine rings is 1. The van der Waals surface area contributed by atoms with Gasteiger partial charge in [0.05, 0.1) is 18.9 Å². The monoisotopic (exact) mass is 277 g/mol. The molecule has 0 aliphatic carbocycles. The van der Waals surface area contributed by atoms with Gasteiger partial charge in [-0.2, -0.15) is 0 Å². The summed E-state index contributed by atoms with van der Waals surface area (Å²) in [5.41, 5.74) is 0.694. The predicted molar refractivity (Wildman–Crippen MR) is 70.9 cm³/mol. The van der Waals surface area contributed by atoms with Crippen LogP contribution in [0.1, 0.15) is 27.8 Å². The molecule has 7 heteroatoms. The quantitative estimate of drug-likeness (QED) is 0.864. The summed E-state index contributed by atoms with van der Waals surface area (Å²) in [5, 5.41) is 4.59. The lowest BCUT2D eigenvalue weighted by atomic mass is 10.2. The Morgan fingerprint density at radius 3 is 2.84 bits per heavy atom. The number of aromatic nitrogens is 2. The molecule has 0 saturated heterocycles. The molecule has 0 aliphatic heterocycles. The number of ether oxygens (including phenoxy) is 1. The number of nitrogens with one attached hydrogen (secondary N) is 1. The van der Waals surface area contributed by atoms with Crippen LogP contribution in [0.3, 0.4) is 0 Å². The average molecular weight is 277 g/mol. The van der Waals surface area contributed by atoms with Gasteiger partial charge < -0.3 is 4.74 Å². The van der Waals surface area contributed by atoms with Crippen LogP contribution in [-0.4, -0.2) is 28.8 Å². The van der Waals surface area contributed by atoms with Gasteiger partial charge in [0.15, 0.2) is 10.9 Å². The number of ketones is 1. The molecule has 0 radical (unpaired) electrons. The smallest absolute Gasteiger partial charge is 0.261 e. The van der Waals surface area contributed by atoms with E-state index < -0.39 is 0 Å². The van der Waals surface area contributed by atoms with Crippen LogP contribution in [0.25, 0.3) is 0 Å². The predicted octanol–water partition coefficient (Wildman–Crippen LogP) is 2.00. The molecule has 0 fully saturated rings. The first-order valence-corrected chi connectivity index (χ1v) is 6.25. The molecule has 0 unspecified atom stereocenters. The number of amides is 1. The van der Waals surface area contributed by atoms with Gasteiger partial charge in [-0.3, -0.25) is 19.9 Å². The molecular formula is C12H11N3O3S. The molecule has 0 spiro atoms. The average Bonchev–Trinajstić information content (AvgIpc) is 2.87. The fourth-order valence-corrected chi connectivity index (χ4v) is 2.13. The molecule has 0 aromatic carbocycles. The minimum atomic E-state index is -0.358. The number of hydrogen-bond donors (Lipinski definition) is 1. The first-order chi connectivity index (χ1) is 9.11. The molecule has 1 N–H and O–H groups in total. The zero-order valence-corrected chi connectivity index (χ0v) is 11.2. The number of carbonyl (C=O) groups excluding carboxylic acids is 2. The first kappa shape index (κ1) is 13.2. The van der Waals surface area contributed by atoms with Crippen molar-refractivity contribution in [3.8, 4) is 5.75 Å². The third-order valence-electron chi connectivity index (χ3n) is 2.33. The number of methoxy groups -OCH3 is 1. The lowest BCUT2D eigenvalue weighted by molar-refractivity contribution is 0.100. The van der Waals surface area contributed by atoms with E-state index in [0.29, 0.717) is 22.1 Å². The number of rotatable bonds is 4. The highest BCUT2D eigenvalue weighted by Crippen LogP contribution is 2.20. The highest BCUT2D eigenvalue weighted by atomic mass is 32.1. The number of hydrogen-bond acceptors (Lipinski definition) is 6. The van der Waals surface area contributed by atoms with E-state index in [4.69, 9.17) is 4.74 Å². The van der Waals surface area contributed by atoms with Gasteiger partial charge in [0, 0.05) is 18.5 Å². The molecule has 0 atom stereocenters. The van der Waals surface area contributed by atoms with Crippen molar-refractivity contribution >= 4 is 28.2 Å². The second-order valence-electron chi connectivity index (χ2n) is 3.62. The van der Waals surface area contributed by atoms with E-state index >= 15 is 0 Å². The van der Waals surface area contributed by atoms with Crippen LogP contribution >= 0.6 is 11.3 Å². The Labute approximate surface area is 113 Å². The highest BCUT2D eigenvalue weighted by Gasteiger charge is 2.14. The Balaban J connectivity index is 2.18. The Bertz CT molecular complexity index is 624. The van der Waals surface area contributed by atoms with Crippen molar-refractivity contribution in [1.82, 2.24) is 9.97 Å². The Hall–Kier alpha value is -2.28. The van der Waals surface area contributed by atoms with E-state index in [1.807, 2.05) is 0 Å². The van der Waals surface area contributed by atoms with Crippen LogP contribution in [0.5, 0.6) is 5.75 Å². The molecule has 1 amide bonds. The largest absolute Gasteiger partial charge is 0.494 e. The molecular weight excluding hydrogens is 266 g/mol. The molecule has 0 bridgehead atoms. The van der Waals surface area contributed by atoms with Gasteiger partial charge in [0.2, 0.25) is 0 Å². The van der Waals surface area contributed by atoms with Crippen molar-refractivity contribution in [1.29, 1.82) is 0 Å². The van der Waals surface area contributed by atoms with Gasteiger partial charge in [0.1, 0.15) is 11.4 Å². The van der Waals surface area contributed by atoms with E-state index in [-0.39, 0.29) is 11.7 Å². The van der Waals surface area contributed by atoms with Crippen molar-refractivity contribution in [3.05, 3.63) is 35.1 Å². The molecule has 2 aromatic heterocycles. The van der Waals surface area contributed by atoms with Crippen molar-refractivity contribution in [3.63, 3.8) is 0 Å². The highest BCUT2D eigenvalue weighted by molar-refractivity contribution is 7.14. The zero-order valence-electron chi connectivity index (χ0n) is 10.3. The van der Waals surface area contributed by atoms with Gasteiger partial charge in [-0.1, -0.05) is 0 Å². The SMILES string of the molecule is COc1cnccc1C(=O)Nc1nc(C(C)=O)cs1. The summed E-state index contributed by atoms with van der Waals surface area (Å²) in [6, 6.07) is 1.55. The molecule has 0 aliphatic rings. The van der Waals surface area contributed by atoms with Crippen LogP contribution in [0, 0.1) is 0 Å². The first-order valence-electron chi connectivity index (χ1n) is 5.37. The summed E-state index contributed by atoms with van der Waals surface area (Å²) in [6.45, 7) is 1.42. The van der Waals surface area contributed by atoms with E-state index in [2.05, 4.69) is 15.3 Å². The standard InChI is InChI=1S/C12H11N3O3S/c1-7(16)9-6-19-12(14-9)15-11(17)8-3-4-13-5-10(8)18-2/h3-6H,1-2H3,(H,14,15,17). The summed E-state index contributed by atoms with van der Waals surface area (Å²) < 4.78 is 5.05. The Morgan fingerprint density at radius 1 is 1.42 bits per heavy atom. The maximum atomic E-state index is 12.0. The van der Waals surface area contributed by atoms with Gasteiger partial charge in [0.25, 0.3) is 5.91 Å². The third kappa shape index (κ3) is 2.94. The normalized spacial score (nSPS) is 10.0. The van der Waals surface area contributed by atoms with E-state index in [1.54, 1.807) is 11.4 Å². The second-order valence-corrected chi connectivity index (χ2v) is 4.48. The molecule has 2 aromatic rings. The summed E-state index contributed by atoms with van der Waals surface area (Å²) in [5.74, 6) is -0.120. The number of carbonyl (C=O) groups is 2. The Morgan fingerprint density at radius 2 is 2.21 bits per heavy atom. The summed E-state index contributed by atoms with van der Waals surface area (Å²) in [6.07, 6.45) is 2.96. The molecule has 6 nitrogen and oxygen atoms in total. The number of anilines is 1. The van der Waals surface area contributed by atoms with Crippen molar-refractivity contribution in [2.45, 2.75) is 6.92 Å². The number of thiazole rings is 1. The minimum Gasteiger partial charge on any atom is -0.494 e. The Kier molecular flexibility index (Phi) is 3.86. The summed E-state index contributed by atoms with van der Waals surface area (Å²) >= 11 is 1.19. The number of nitrogens with zero attached hydrogens (tertiary/aromatic N) is 2.